The fourth-order valence-electron chi connectivity index (χ4n) is 0. The molecule has 0 heterocycles. The second-order valence-corrected chi connectivity index (χ2v) is 5.94. The van der Waals surface area contributed by atoms with Gasteiger partial charge in [0.1, 0.15) is 0 Å². The summed E-state index contributed by atoms with van der Waals surface area (Å²) >= 11 is -27.3. The first-order chi connectivity index (χ1) is 8.00. The molecule has 0 saturated carbocycles. The average Bonchev–Trinajstić information content (AvgIpc) is 1.62. The van der Waals surface area contributed by atoms with Crippen molar-refractivity contribution in [1.82, 2.24) is 0 Å². The van der Waals surface area contributed by atoms with E-state index in [2.05, 4.69) is 0 Å². The minimum Gasteiger partial charge on any atom is -0.510 e. The summed E-state index contributed by atoms with van der Waals surface area (Å²) in [7, 11) is 0. The molecule has 4 N–H and O–H groups in total. The molecule has 0 aliphatic heterocycles. The van der Waals surface area contributed by atoms with E-state index in [1.54, 1.807) is 0 Å². The molecule has 0 amide bonds. The zero-order valence-corrected chi connectivity index (χ0v) is 16.9. The van der Waals surface area contributed by atoms with Crippen LogP contribution >= 0.6 is 0 Å². The van der Waals surface area contributed by atoms with Gasteiger partial charge in [-0.3, -0.25) is 0 Å². The van der Waals surface area contributed by atoms with Crippen molar-refractivity contribution in [3.8, 4) is 0 Å². The molecule has 0 bridgehead atoms. The van der Waals surface area contributed by atoms with Crippen LogP contribution in [-0.2, 0) is 0 Å². The summed E-state index contributed by atoms with van der Waals surface area (Å²) < 4.78 is 158. The summed E-state index contributed by atoms with van der Waals surface area (Å²) in [4.78, 5) is 0. The van der Waals surface area contributed by atoms with Gasteiger partial charge in [0, 0.05) is 37.7 Å². The van der Waals surface area contributed by atoms with Crippen molar-refractivity contribution in [2.45, 2.75) is 0 Å². The minimum atomic E-state index is -6.83. The van der Waals surface area contributed by atoms with Crippen LogP contribution in [0.3, 0.4) is 0 Å². The molecule has 0 saturated heterocycles. The molecule has 0 aromatic carbocycles. The van der Waals surface area contributed by atoms with Gasteiger partial charge in [0.05, 0.1) is 0 Å². The molecule has 2 radical (unpaired) electrons. The predicted octanol–water partition coefficient (Wildman–Crippen LogP) is 3.17. The zero-order chi connectivity index (χ0) is 18.0. The normalized spacial score (nSPS) is 10.4. The van der Waals surface area contributed by atoms with Crippen LogP contribution in [0, 0.1) is 0 Å². The van der Waals surface area contributed by atoms with Crippen LogP contribution < -0.4 is 0 Å². The Kier molecular flexibility index (Phi) is 36.7. The van der Waals surface area contributed by atoms with Crippen molar-refractivity contribution in [1.29, 1.82) is 0 Å². The molecule has 0 fully saturated rings. The van der Waals surface area contributed by atoms with Crippen molar-refractivity contribution in [2.75, 3.05) is 0 Å². The fourth-order valence-corrected chi connectivity index (χ4v) is 0. The number of hydrogen-bond donors (Lipinski definition) is 0. The monoisotopic (exact) mass is 488 g/mol. The smallest absolute Gasteiger partial charge is 0.510 e. The maximum Gasteiger partial charge on any atom is 1.04 e. The third-order valence-corrected chi connectivity index (χ3v) is 0. The Morgan fingerprint density at radius 1 is 0.261 bits per heavy atom. The molecule has 0 aromatic rings. The summed E-state index contributed by atoms with van der Waals surface area (Å²) in [5.41, 5.74) is 0. The largest absolute Gasteiger partial charge is 1.04 e. The van der Waals surface area contributed by atoms with Crippen LogP contribution in [0.4, 0.5) is 56.4 Å². The van der Waals surface area contributed by atoms with Crippen LogP contribution in [0.2, 0.25) is 0 Å². The molecular formula is H4Al4CaF16O2-4. The Hall–Kier alpha value is 2.19. The molecule has 0 atom stereocenters. The molecule has 0 unspecified atom stereocenters. The Morgan fingerprint density at radius 2 is 0.261 bits per heavy atom. The van der Waals surface area contributed by atoms with Gasteiger partial charge >= 0.3 is 59.7 Å². The van der Waals surface area contributed by atoms with Crippen molar-refractivity contribution < 1.29 is 67.3 Å². The van der Waals surface area contributed by atoms with Gasteiger partial charge in [0.2, 0.25) is 0 Å². The average molecular weight is 488 g/mol. The van der Waals surface area contributed by atoms with Crippen LogP contribution in [0.15, 0.2) is 0 Å². The van der Waals surface area contributed by atoms with Crippen LogP contribution in [-0.4, -0.2) is 108 Å². The van der Waals surface area contributed by atoms with E-state index >= 15 is 0 Å². The van der Waals surface area contributed by atoms with Gasteiger partial charge in [-0.1, -0.05) is 0 Å². The summed E-state index contributed by atoms with van der Waals surface area (Å²) in [5, 5.41) is 0. The van der Waals surface area contributed by atoms with Gasteiger partial charge in [-0.25, -0.2) is 0 Å². The summed E-state index contributed by atoms with van der Waals surface area (Å²) in [6.45, 7) is 0. The molecule has 0 aliphatic rings. The molecule has 23 heavy (non-hydrogen) atoms. The zero-order valence-electron chi connectivity index (χ0n) is 10.1. The molecule has 0 aliphatic carbocycles. The fraction of sp³-hybridized carbons (Fsp3) is 0. The standard InChI is InChI=1S/4Al.Ca.16FH.2H2O/h;;;;;16*1H;2*1H2/q4*+3;;;;;;;;;;;;;;;;;;;/p-16. The van der Waals surface area contributed by atoms with Gasteiger partial charge in [-0.15, -0.1) is 0 Å². The van der Waals surface area contributed by atoms with Crippen molar-refractivity contribution in [2.24, 2.45) is 0 Å². The van der Waals surface area contributed by atoms with E-state index in [1.807, 2.05) is 0 Å². The number of rotatable bonds is 0. The summed E-state index contributed by atoms with van der Waals surface area (Å²) in [6.07, 6.45) is 0. The predicted molar refractivity (Wildman–Crippen MR) is 53.7 cm³/mol. The molecule has 146 valence electrons. The third-order valence-electron chi connectivity index (χ3n) is 0. The third kappa shape index (κ3) is 2480. The molecule has 23 heteroatoms. The van der Waals surface area contributed by atoms with Gasteiger partial charge in [-0.2, -0.15) is 0 Å². The van der Waals surface area contributed by atoms with Crippen molar-refractivity contribution in [3.05, 3.63) is 0 Å². The Bertz CT molecular complexity index is 140. The van der Waals surface area contributed by atoms with E-state index in [1.165, 1.54) is 0 Å². The van der Waals surface area contributed by atoms with E-state index in [0.717, 1.165) is 0 Å². The van der Waals surface area contributed by atoms with Gasteiger partial charge in [0.25, 0.3) is 0 Å². The van der Waals surface area contributed by atoms with E-state index in [9.17, 15) is 56.4 Å². The molecular weight excluding hydrogens is 484 g/mol. The maximum atomic E-state index is 9.85. The first-order valence-electron chi connectivity index (χ1n) is 3.49. The van der Waals surface area contributed by atoms with Gasteiger partial charge < -0.3 is 67.3 Å². The van der Waals surface area contributed by atoms with E-state index in [4.69, 9.17) is 0 Å². The van der Waals surface area contributed by atoms with Gasteiger partial charge in [-0.05, 0) is 0 Å². The Labute approximate surface area is 163 Å². The SMILES string of the molecule is O.O.[Ca].[F][Al-]([F])([F])[F].[F][Al-]([F])([F])[F].[F][Al-]([F])([F])[F].[F][Al-]([F])([F])[F]. The van der Waals surface area contributed by atoms with Gasteiger partial charge in [0.15, 0.2) is 0 Å². The van der Waals surface area contributed by atoms with E-state index in [0.29, 0.717) is 0 Å². The quantitative estimate of drug-likeness (QED) is 0.372. The minimum absolute atomic E-state index is 0. The van der Waals surface area contributed by atoms with Crippen LogP contribution in [0.25, 0.3) is 0 Å². The Balaban J connectivity index is -0.0000000284. The first kappa shape index (κ1) is 44.5. The molecule has 0 rings (SSSR count). The second-order valence-electron chi connectivity index (χ2n) is 1.98. The second kappa shape index (κ2) is 19.0. The first-order valence-corrected chi connectivity index (χ1v) is 10.5. The molecule has 2 nitrogen and oxygen atoms in total. The molecule has 0 spiro atoms. The van der Waals surface area contributed by atoms with Crippen LogP contribution in [0.1, 0.15) is 0 Å². The summed E-state index contributed by atoms with van der Waals surface area (Å²) in [6, 6.07) is 0. The maximum absolute atomic E-state index is 9.85. The number of hydrogen-bond acceptors (Lipinski definition) is 0. The number of halogens is 16. The van der Waals surface area contributed by atoms with E-state index in [-0.39, 0.29) is 48.7 Å². The van der Waals surface area contributed by atoms with Crippen molar-refractivity contribution >= 4 is 97.4 Å². The Morgan fingerprint density at radius 3 is 0.261 bits per heavy atom. The van der Waals surface area contributed by atoms with E-state index < -0.39 is 59.7 Å². The molecule has 0 aromatic heterocycles. The summed E-state index contributed by atoms with van der Waals surface area (Å²) in [5.74, 6) is 0. The topological polar surface area (TPSA) is 63.0 Å². The van der Waals surface area contributed by atoms with Crippen LogP contribution in [0.5, 0.6) is 0 Å². The van der Waals surface area contributed by atoms with Crippen molar-refractivity contribution in [3.63, 3.8) is 0 Å².